The van der Waals surface area contributed by atoms with E-state index in [0.29, 0.717) is 18.7 Å². The van der Waals surface area contributed by atoms with Crippen molar-refractivity contribution in [3.63, 3.8) is 0 Å². The fraction of sp³-hybridized carbons (Fsp3) is 0.462. The highest BCUT2D eigenvalue weighted by Gasteiger charge is 2.29. The maximum absolute atomic E-state index is 13.0. The van der Waals surface area contributed by atoms with Crippen LogP contribution < -0.4 is 5.73 Å². The van der Waals surface area contributed by atoms with Gasteiger partial charge in [-0.05, 0) is 23.6 Å². The van der Waals surface area contributed by atoms with Crippen molar-refractivity contribution in [3.05, 3.63) is 35.4 Å². The van der Waals surface area contributed by atoms with E-state index in [9.17, 15) is 13.6 Å². The third kappa shape index (κ3) is 2.67. The largest absolute Gasteiger partial charge is 0.341 e. The zero-order valence-electron chi connectivity index (χ0n) is 10.2. The summed E-state index contributed by atoms with van der Waals surface area (Å²) in [7, 11) is 0. The number of halogens is 2. The smallest absolute Gasteiger partial charge is 0.227 e. The molecule has 5 heteroatoms. The molecule has 0 saturated carbocycles. The highest BCUT2D eigenvalue weighted by molar-refractivity contribution is 5.79. The lowest BCUT2D eigenvalue weighted by atomic mass is 10.1. The molecule has 3 nitrogen and oxygen atoms in total. The van der Waals surface area contributed by atoms with Crippen LogP contribution in [-0.2, 0) is 11.2 Å². The van der Waals surface area contributed by atoms with Crippen molar-refractivity contribution in [2.45, 2.75) is 19.4 Å². The molecule has 0 aromatic heterocycles. The Morgan fingerprint density at radius 1 is 1.39 bits per heavy atom. The van der Waals surface area contributed by atoms with E-state index in [1.54, 1.807) is 4.90 Å². The lowest BCUT2D eigenvalue weighted by Gasteiger charge is -2.15. The molecule has 2 rings (SSSR count). The first-order valence-corrected chi connectivity index (χ1v) is 5.94. The van der Waals surface area contributed by atoms with E-state index in [-0.39, 0.29) is 24.3 Å². The average molecular weight is 254 g/mol. The van der Waals surface area contributed by atoms with Gasteiger partial charge < -0.3 is 10.6 Å². The number of hydrogen-bond donors (Lipinski definition) is 1. The van der Waals surface area contributed by atoms with Gasteiger partial charge in [0.05, 0.1) is 6.42 Å². The molecule has 1 saturated heterocycles. The minimum atomic E-state index is -0.924. The first-order chi connectivity index (χ1) is 8.47. The molecule has 1 aromatic carbocycles. The zero-order chi connectivity index (χ0) is 13.3. The molecule has 2 N–H and O–H groups in total. The monoisotopic (exact) mass is 254 g/mol. The maximum Gasteiger partial charge on any atom is 0.227 e. The summed E-state index contributed by atoms with van der Waals surface area (Å²) in [5.41, 5.74) is 6.32. The lowest BCUT2D eigenvalue weighted by molar-refractivity contribution is -0.129. The van der Waals surface area contributed by atoms with Gasteiger partial charge in [-0.2, -0.15) is 0 Å². The van der Waals surface area contributed by atoms with Crippen LogP contribution in [0.15, 0.2) is 18.2 Å². The number of likely N-dealkylation sites (tertiary alicyclic amines) is 1. The van der Waals surface area contributed by atoms with Crippen molar-refractivity contribution in [2.75, 3.05) is 13.1 Å². The number of rotatable bonds is 2. The molecule has 2 atom stereocenters. The molecule has 1 fully saturated rings. The number of benzene rings is 1. The predicted molar refractivity (Wildman–Crippen MR) is 63.8 cm³/mol. The maximum atomic E-state index is 13.0. The molecule has 2 unspecified atom stereocenters. The third-order valence-electron chi connectivity index (χ3n) is 3.36. The van der Waals surface area contributed by atoms with Gasteiger partial charge in [0.2, 0.25) is 5.91 Å². The fourth-order valence-electron chi connectivity index (χ4n) is 2.13. The summed E-state index contributed by atoms with van der Waals surface area (Å²) in [6.45, 7) is 3.16. The standard InChI is InChI=1S/C13H16F2N2O/c1-8-6-17(7-12(8)16)13(18)5-9-2-3-10(14)11(15)4-9/h2-4,8,12H,5-7,16H2,1H3. The molecular weight excluding hydrogens is 238 g/mol. The summed E-state index contributed by atoms with van der Waals surface area (Å²) in [5.74, 6) is -1.64. The summed E-state index contributed by atoms with van der Waals surface area (Å²) in [6.07, 6.45) is 0.0800. The predicted octanol–water partition coefficient (Wildman–Crippen LogP) is 1.31. The second-order valence-electron chi connectivity index (χ2n) is 4.87. The molecule has 1 aromatic rings. The Labute approximate surface area is 105 Å². The molecule has 1 aliphatic rings. The van der Waals surface area contributed by atoms with Gasteiger partial charge in [0.25, 0.3) is 0 Å². The number of nitrogens with two attached hydrogens (primary N) is 1. The summed E-state index contributed by atoms with van der Waals surface area (Å²) in [5, 5.41) is 0. The number of carbonyl (C=O) groups excluding carboxylic acids is 1. The van der Waals surface area contributed by atoms with Crippen LogP contribution in [0, 0.1) is 17.6 Å². The van der Waals surface area contributed by atoms with Crippen LogP contribution in [0.3, 0.4) is 0 Å². The topological polar surface area (TPSA) is 46.3 Å². The van der Waals surface area contributed by atoms with Gasteiger partial charge in [0.1, 0.15) is 0 Å². The van der Waals surface area contributed by atoms with Crippen molar-refractivity contribution in [3.8, 4) is 0 Å². The minimum Gasteiger partial charge on any atom is -0.341 e. The van der Waals surface area contributed by atoms with Gasteiger partial charge >= 0.3 is 0 Å². The van der Waals surface area contributed by atoms with Crippen molar-refractivity contribution >= 4 is 5.91 Å². The number of hydrogen-bond acceptors (Lipinski definition) is 2. The second-order valence-corrected chi connectivity index (χ2v) is 4.87. The van der Waals surface area contributed by atoms with Gasteiger partial charge in [-0.25, -0.2) is 8.78 Å². The molecule has 1 aliphatic heterocycles. The van der Waals surface area contributed by atoms with Crippen molar-refractivity contribution < 1.29 is 13.6 Å². The van der Waals surface area contributed by atoms with Crippen LogP contribution in [0.2, 0.25) is 0 Å². The van der Waals surface area contributed by atoms with Crippen LogP contribution in [-0.4, -0.2) is 29.9 Å². The van der Waals surface area contributed by atoms with Gasteiger partial charge in [-0.15, -0.1) is 0 Å². The number of amides is 1. The van der Waals surface area contributed by atoms with Gasteiger partial charge in [0, 0.05) is 19.1 Å². The van der Waals surface area contributed by atoms with E-state index in [4.69, 9.17) is 5.73 Å². The van der Waals surface area contributed by atoms with Crippen LogP contribution >= 0.6 is 0 Å². The Hall–Kier alpha value is -1.49. The molecule has 1 amide bonds. The Kier molecular flexibility index (Phi) is 3.61. The SMILES string of the molecule is CC1CN(C(=O)Cc2ccc(F)c(F)c2)CC1N. The Bertz CT molecular complexity index is 454. The zero-order valence-corrected chi connectivity index (χ0v) is 10.2. The quantitative estimate of drug-likeness (QED) is 0.865. The first-order valence-electron chi connectivity index (χ1n) is 5.94. The van der Waals surface area contributed by atoms with E-state index >= 15 is 0 Å². The molecule has 0 radical (unpaired) electrons. The molecule has 98 valence electrons. The van der Waals surface area contributed by atoms with E-state index in [1.165, 1.54) is 6.07 Å². The summed E-state index contributed by atoms with van der Waals surface area (Å²) in [6, 6.07) is 3.53. The van der Waals surface area contributed by atoms with Gasteiger partial charge in [-0.1, -0.05) is 13.0 Å². The molecule has 1 heterocycles. The van der Waals surface area contributed by atoms with E-state index < -0.39 is 11.6 Å². The summed E-state index contributed by atoms with van der Waals surface area (Å²) < 4.78 is 25.8. The third-order valence-corrected chi connectivity index (χ3v) is 3.36. The molecule has 0 spiro atoms. The van der Waals surface area contributed by atoms with Crippen molar-refractivity contribution in [2.24, 2.45) is 11.7 Å². The van der Waals surface area contributed by atoms with E-state index in [1.807, 2.05) is 6.92 Å². The van der Waals surface area contributed by atoms with Crippen LogP contribution in [0.25, 0.3) is 0 Å². The molecule has 0 aliphatic carbocycles. The summed E-state index contributed by atoms with van der Waals surface area (Å²) in [4.78, 5) is 13.6. The first kappa shape index (κ1) is 13.0. The number of carbonyl (C=O) groups is 1. The van der Waals surface area contributed by atoms with Gasteiger partial charge in [-0.3, -0.25) is 4.79 Å². The highest BCUT2D eigenvalue weighted by Crippen LogP contribution is 2.16. The molecular formula is C13H16F2N2O. The van der Waals surface area contributed by atoms with E-state index in [0.717, 1.165) is 12.1 Å². The van der Waals surface area contributed by atoms with E-state index in [2.05, 4.69) is 0 Å². The van der Waals surface area contributed by atoms with Crippen molar-refractivity contribution in [1.82, 2.24) is 4.90 Å². The van der Waals surface area contributed by atoms with Crippen LogP contribution in [0.4, 0.5) is 8.78 Å². The molecule has 0 bridgehead atoms. The lowest BCUT2D eigenvalue weighted by Crippen LogP contribution is -2.33. The summed E-state index contributed by atoms with van der Waals surface area (Å²) >= 11 is 0. The average Bonchev–Trinajstić information content (AvgIpc) is 2.65. The Balaban J connectivity index is 2.01. The molecule has 18 heavy (non-hydrogen) atoms. The Morgan fingerprint density at radius 2 is 2.11 bits per heavy atom. The normalized spacial score (nSPS) is 23.4. The van der Waals surface area contributed by atoms with Crippen LogP contribution in [0.5, 0.6) is 0 Å². The highest BCUT2D eigenvalue weighted by atomic mass is 19.2. The Morgan fingerprint density at radius 3 is 2.67 bits per heavy atom. The van der Waals surface area contributed by atoms with Gasteiger partial charge in [0.15, 0.2) is 11.6 Å². The second kappa shape index (κ2) is 5.02. The van der Waals surface area contributed by atoms with Crippen LogP contribution in [0.1, 0.15) is 12.5 Å². The minimum absolute atomic E-state index is 0.00101. The van der Waals surface area contributed by atoms with Crippen molar-refractivity contribution in [1.29, 1.82) is 0 Å². The number of nitrogens with zero attached hydrogens (tertiary/aromatic N) is 1. The fourth-order valence-corrected chi connectivity index (χ4v) is 2.13.